The third kappa shape index (κ3) is 1.94. The van der Waals surface area contributed by atoms with E-state index < -0.39 is 5.97 Å². The van der Waals surface area contributed by atoms with Gasteiger partial charge in [0.05, 0.1) is 6.54 Å². The van der Waals surface area contributed by atoms with Crippen LogP contribution in [0.15, 0.2) is 24.3 Å². The highest BCUT2D eigenvalue weighted by Gasteiger charge is 2.37. The lowest BCUT2D eigenvalue weighted by atomic mass is 9.87. The van der Waals surface area contributed by atoms with Crippen molar-refractivity contribution < 1.29 is 9.90 Å². The second-order valence-corrected chi connectivity index (χ2v) is 4.88. The first-order valence-corrected chi connectivity index (χ1v) is 5.99. The van der Waals surface area contributed by atoms with E-state index in [9.17, 15) is 4.79 Å². The van der Waals surface area contributed by atoms with Crippen LogP contribution >= 0.6 is 0 Å². The predicted octanol–water partition coefficient (Wildman–Crippen LogP) is 0.642. The lowest BCUT2D eigenvalue weighted by Crippen LogP contribution is -2.39. The molecule has 1 aromatic carbocycles. The van der Waals surface area contributed by atoms with E-state index in [0.717, 1.165) is 19.6 Å². The highest BCUT2D eigenvalue weighted by molar-refractivity contribution is 5.69. The first-order valence-electron chi connectivity index (χ1n) is 5.99. The highest BCUT2D eigenvalue weighted by atomic mass is 16.4. The summed E-state index contributed by atoms with van der Waals surface area (Å²) in [5, 5.41) is 12.3. The maximum atomic E-state index is 10.7. The van der Waals surface area contributed by atoms with Crippen LogP contribution in [-0.4, -0.2) is 41.7 Å². The number of hydrogen-bond donors (Lipinski definition) is 2. The molecule has 17 heavy (non-hydrogen) atoms. The molecule has 0 amide bonds. The Balaban J connectivity index is 1.82. The normalized spacial score (nSPS) is 27.5. The summed E-state index contributed by atoms with van der Waals surface area (Å²) < 4.78 is 0. The van der Waals surface area contributed by atoms with Crippen molar-refractivity contribution in [1.82, 2.24) is 10.2 Å². The van der Waals surface area contributed by atoms with Crippen molar-refractivity contribution in [2.75, 3.05) is 19.6 Å². The van der Waals surface area contributed by atoms with Crippen LogP contribution < -0.4 is 5.32 Å². The van der Waals surface area contributed by atoms with Gasteiger partial charge in [-0.2, -0.15) is 0 Å². The maximum Gasteiger partial charge on any atom is 0.317 e. The molecule has 0 spiro atoms. The predicted molar refractivity (Wildman–Crippen MR) is 63.9 cm³/mol. The van der Waals surface area contributed by atoms with Gasteiger partial charge in [-0.25, -0.2) is 0 Å². The van der Waals surface area contributed by atoms with Gasteiger partial charge < -0.3 is 10.4 Å². The number of benzene rings is 1. The van der Waals surface area contributed by atoms with Crippen LogP contribution in [0.2, 0.25) is 0 Å². The largest absolute Gasteiger partial charge is 0.480 e. The highest BCUT2D eigenvalue weighted by Crippen LogP contribution is 2.33. The average molecular weight is 232 g/mol. The molecule has 1 fully saturated rings. The van der Waals surface area contributed by atoms with Gasteiger partial charge in [0.1, 0.15) is 0 Å². The van der Waals surface area contributed by atoms with Gasteiger partial charge >= 0.3 is 5.97 Å². The number of fused-ring (bicyclic) bond motifs is 3. The molecule has 2 aliphatic rings. The van der Waals surface area contributed by atoms with Gasteiger partial charge in [-0.15, -0.1) is 0 Å². The summed E-state index contributed by atoms with van der Waals surface area (Å²) in [5.41, 5.74) is 2.75. The van der Waals surface area contributed by atoms with Gasteiger partial charge in [0.15, 0.2) is 0 Å². The monoisotopic (exact) mass is 232 g/mol. The molecule has 2 atom stereocenters. The zero-order valence-corrected chi connectivity index (χ0v) is 9.60. The van der Waals surface area contributed by atoms with Crippen LogP contribution in [0.1, 0.15) is 17.0 Å². The molecule has 1 saturated heterocycles. The van der Waals surface area contributed by atoms with Crippen molar-refractivity contribution in [3.8, 4) is 0 Å². The summed E-state index contributed by atoms with van der Waals surface area (Å²) in [6.45, 7) is 2.74. The van der Waals surface area contributed by atoms with E-state index >= 15 is 0 Å². The fourth-order valence-corrected chi connectivity index (χ4v) is 3.03. The summed E-state index contributed by atoms with van der Waals surface area (Å²) in [6.07, 6.45) is 0. The minimum atomic E-state index is -0.739. The number of nitrogens with one attached hydrogen (secondary N) is 1. The number of likely N-dealkylation sites (tertiary alicyclic amines) is 1. The third-order valence-corrected chi connectivity index (χ3v) is 3.76. The first-order chi connectivity index (χ1) is 8.24. The van der Waals surface area contributed by atoms with E-state index in [0.29, 0.717) is 12.0 Å². The van der Waals surface area contributed by atoms with E-state index in [1.54, 1.807) is 0 Å². The molecular formula is C13H16N2O2. The van der Waals surface area contributed by atoms with E-state index in [4.69, 9.17) is 5.11 Å². The molecule has 0 aliphatic carbocycles. The van der Waals surface area contributed by atoms with Gasteiger partial charge in [0.2, 0.25) is 0 Å². The smallest absolute Gasteiger partial charge is 0.317 e. The van der Waals surface area contributed by atoms with Gasteiger partial charge in [0.25, 0.3) is 0 Å². The summed E-state index contributed by atoms with van der Waals surface area (Å²) in [6, 6.07) is 8.87. The van der Waals surface area contributed by atoms with Gasteiger partial charge in [-0.1, -0.05) is 24.3 Å². The molecule has 90 valence electrons. The minimum absolute atomic E-state index is 0.150. The van der Waals surface area contributed by atoms with Crippen LogP contribution in [0.4, 0.5) is 0 Å². The van der Waals surface area contributed by atoms with Crippen molar-refractivity contribution in [3.05, 3.63) is 35.4 Å². The summed E-state index contributed by atoms with van der Waals surface area (Å²) in [7, 11) is 0. The number of aliphatic carboxylic acids is 1. The SMILES string of the molecule is O=C(O)CN1C[C@H]2NCc3ccccc3[C@@H]2C1. The molecule has 0 unspecified atom stereocenters. The maximum absolute atomic E-state index is 10.7. The van der Waals surface area contributed by atoms with Crippen LogP contribution in [-0.2, 0) is 11.3 Å². The number of carboxylic acids is 1. The van der Waals surface area contributed by atoms with Crippen molar-refractivity contribution >= 4 is 5.97 Å². The first kappa shape index (κ1) is 10.7. The fourth-order valence-electron chi connectivity index (χ4n) is 3.03. The van der Waals surface area contributed by atoms with Crippen LogP contribution in [0, 0.1) is 0 Å². The van der Waals surface area contributed by atoms with Crippen LogP contribution in [0.3, 0.4) is 0 Å². The molecule has 4 heteroatoms. The van der Waals surface area contributed by atoms with Gasteiger partial charge in [0, 0.05) is 31.6 Å². The number of carbonyl (C=O) groups is 1. The lowest BCUT2D eigenvalue weighted by Gasteiger charge is -2.28. The number of rotatable bonds is 2. The van der Waals surface area contributed by atoms with Gasteiger partial charge in [-0.05, 0) is 11.1 Å². The van der Waals surface area contributed by atoms with E-state index in [2.05, 4.69) is 29.6 Å². The Morgan fingerprint density at radius 1 is 1.41 bits per heavy atom. The molecule has 4 nitrogen and oxygen atoms in total. The van der Waals surface area contributed by atoms with E-state index in [1.165, 1.54) is 11.1 Å². The summed E-state index contributed by atoms with van der Waals surface area (Å²) in [5.74, 6) is -0.295. The Labute approximate surface area is 100 Å². The molecule has 3 rings (SSSR count). The van der Waals surface area contributed by atoms with E-state index in [-0.39, 0.29) is 6.54 Å². The van der Waals surface area contributed by atoms with Crippen molar-refractivity contribution in [2.45, 2.75) is 18.5 Å². The van der Waals surface area contributed by atoms with Crippen LogP contribution in [0.25, 0.3) is 0 Å². The van der Waals surface area contributed by atoms with Crippen molar-refractivity contribution in [1.29, 1.82) is 0 Å². The minimum Gasteiger partial charge on any atom is -0.480 e. The Hall–Kier alpha value is -1.39. The molecule has 2 heterocycles. The second-order valence-electron chi connectivity index (χ2n) is 4.88. The summed E-state index contributed by atoms with van der Waals surface area (Å²) in [4.78, 5) is 12.8. The Morgan fingerprint density at radius 3 is 3.06 bits per heavy atom. The summed E-state index contributed by atoms with van der Waals surface area (Å²) >= 11 is 0. The fraction of sp³-hybridized carbons (Fsp3) is 0.462. The topological polar surface area (TPSA) is 52.6 Å². The lowest BCUT2D eigenvalue weighted by molar-refractivity contribution is -0.138. The Morgan fingerprint density at radius 2 is 2.24 bits per heavy atom. The molecule has 0 bridgehead atoms. The second kappa shape index (κ2) is 4.13. The number of nitrogens with zero attached hydrogens (tertiary/aromatic N) is 1. The van der Waals surface area contributed by atoms with Gasteiger partial charge in [-0.3, -0.25) is 9.69 Å². The molecule has 2 aliphatic heterocycles. The number of hydrogen-bond acceptors (Lipinski definition) is 3. The van der Waals surface area contributed by atoms with Crippen molar-refractivity contribution in [3.63, 3.8) is 0 Å². The molecule has 2 N–H and O–H groups in total. The zero-order valence-electron chi connectivity index (χ0n) is 9.60. The Bertz CT molecular complexity index is 447. The molecular weight excluding hydrogens is 216 g/mol. The molecule has 0 radical (unpaired) electrons. The molecule has 1 aromatic rings. The standard InChI is InChI=1S/C13H16N2O2/c16-13(17)8-15-6-11-10-4-2-1-3-9(10)5-14-12(11)7-15/h1-4,11-12,14H,5-8H2,(H,16,17)/t11-,12+/m0/s1. The zero-order chi connectivity index (χ0) is 11.8. The Kier molecular flexibility index (Phi) is 2.61. The molecule has 0 aromatic heterocycles. The average Bonchev–Trinajstić information content (AvgIpc) is 2.70. The quantitative estimate of drug-likeness (QED) is 0.786. The molecule has 0 saturated carbocycles. The van der Waals surface area contributed by atoms with E-state index in [1.807, 2.05) is 4.90 Å². The number of carboxylic acid groups (broad SMARTS) is 1. The van der Waals surface area contributed by atoms with Crippen LogP contribution in [0.5, 0.6) is 0 Å². The third-order valence-electron chi connectivity index (χ3n) is 3.76. The van der Waals surface area contributed by atoms with Crippen molar-refractivity contribution in [2.24, 2.45) is 0 Å².